The topological polar surface area (TPSA) is 184 Å². The van der Waals surface area contributed by atoms with Gasteiger partial charge in [0.25, 0.3) is 0 Å². The van der Waals surface area contributed by atoms with Crippen LogP contribution in [-0.4, -0.2) is 88.5 Å². The molecule has 2 aliphatic rings. The van der Waals surface area contributed by atoms with E-state index in [-0.39, 0.29) is 24.9 Å². The molecule has 2 bridgehead atoms. The van der Waals surface area contributed by atoms with Gasteiger partial charge in [-0.05, 0) is 81.8 Å². The first-order valence-corrected chi connectivity index (χ1v) is 15.2. The third kappa shape index (κ3) is 6.84. The quantitative estimate of drug-likeness (QED) is 0.150. The van der Waals surface area contributed by atoms with Gasteiger partial charge in [0.15, 0.2) is 5.60 Å². The number of likely N-dealkylation sites (N-methyl/N-ethyl adjacent to an activating group) is 1. The molecule has 242 valence electrons. The highest BCUT2D eigenvalue weighted by atomic mass is 16.8. The molecule has 8 N–H and O–H groups in total. The van der Waals surface area contributed by atoms with E-state index in [1.807, 2.05) is 50.4 Å². The van der Waals surface area contributed by atoms with Gasteiger partial charge in [-0.3, -0.25) is 9.59 Å². The van der Waals surface area contributed by atoms with Crippen LogP contribution in [-0.2, 0) is 37.7 Å². The SMILES string of the molecule is CNCCNC(=O)CCC(CCc1ccc(Cc2cc([C@]34OC[C@](C(C)(C)O)(O3)[C@@H](O)[C@H](O)[C@H]4O)ccc2C)cc1)C(N)=O. The maximum atomic E-state index is 12.0. The molecule has 2 saturated heterocycles. The van der Waals surface area contributed by atoms with Crippen molar-refractivity contribution in [2.24, 2.45) is 11.7 Å². The molecule has 0 aliphatic carbocycles. The number of aliphatic hydroxyl groups is 4. The normalized spacial score (nSPS) is 27.2. The van der Waals surface area contributed by atoms with Crippen LogP contribution in [0.2, 0.25) is 0 Å². The smallest absolute Gasteiger partial charge is 0.225 e. The minimum absolute atomic E-state index is 0.0933. The molecule has 11 nitrogen and oxygen atoms in total. The van der Waals surface area contributed by atoms with Gasteiger partial charge in [-0.25, -0.2) is 0 Å². The highest BCUT2D eigenvalue weighted by Gasteiger charge is 2.71. The van der Waals surface area contributed by atoms with Crippen LogP contribution < -0.4 is 16.4 Å². The van der Waals surface area contributed by atoms with E-state index in [4.69, 9.17) is 15.2 Å². The standard InChI is InChI=1S/C33H47N3O8/c1-20-5-13-25(33-29(40)27(38)28(39)32(44-33,19-43-33)31(2,3)42)18-24(20)17-22-8-6-21(7-9-22)10-11-23(30(34)41)12-14-26(37)36-16-15-35-4/h5-9,13,18,23,27-29,35,38-40,42H,10-12,14-17,19H2,1-4H3,(H2,34,41)(H,36,37)/t23?,27-,28-,29+,32-,33-/m0/s1. The molecular formula is C33H47N3O8. The number of carbonyl (C=O) groups excluding carboxylic acids is 2. The summed E-state index contributed by atoms with van der Waals surface area (Å²) in [5, 5.41) is 49.2. The van der Waals surface area contributed by atoms with Gasteiger partial charge in [-0.15, -0.1) is 0 Å². The molecule has 0 radical (unpaired) electrons. The number of rotatable bonds is 14. The molecule has 2 fully saturated rings. The lowest BCUT2D eigenvalue weighted by Gasteiger charge is -2.50. The summed E-state index contributed by atoms with van der Waals surface area (Å²) in [6.45, 7) is 5.93. The van der Waals surface area contributed by atoms with Gasteiger partial charge in [-0.1, -0.05) is 36.4 Å². The number of ether oxygens (including phenoxy) is 2. The Kier molecular flexibility index (Phi) is 10.5. The van der Waals surface area contributed by atoms with Crippen molar-refractivity contribution in [3.63, 3.8) is 0 Å². The van der Waals surface area contributed by atoms with Gasteiger partial charge < -0.3 is 46.3 Å². The summed E-state index contributed by atoms with van der Waals surface area (Å²) in [5.41, 5.74) is 6.95. The third-order valence-corrected chi connectivity index (χ3v) is 9.15. The molecule has 4 rings (SSSR count). The lowest BCUT2D eigenvalue weighted by molar-refractivity contribution is -0.348. The second-order valence-corrected chi connectivity index (χ2v) is 12.7. The fraction of sp³-hybridized carbons (Fsp3) is 0.576. The fourth-order valence-electron chi connectivity index (χ4n) is 6.10. The molecule has 2 aromatic rings. The van der Waals surface area contributed by atoms with E-state index < -0.39 is 41.2 Å². The Labute approximate surface area is 258 Å². The fourth-order valence-corrected chi connectivity index (χ4v) is 6.10. The van der Waals surface area contributed by atoms with Crippen LogP contribution in [0, 0.1) is 12.8 Å². The maximum absolute atomic E-state index is 12.0. The van der Waals surface area contributed by atoms with Crippen LogP contribution in [0.25, 0.3) is 0 Å². The highest BCUT2D eigenvalue weighted by molar-refractivity contribution is 5.79. The summed E-state index contributed by atoms with van der Waals surface area (Å²) in [5.74, 6) is -2.64. The molecule has 2 heterocycles. The third-order valence-electron chi connectivity index (χ3n) is 9.15. The number of nitrogens with two attached hydrogens (primary N) is 1. The Morgan fingerprint density at radius 1 is 1.05 bits per heavy atom. The van der Waals surface area contributed by atoms with E-state index in [2.05, 4.69) is 10.6 Å². The van der Waals surface area contributed by atoms with Gasteiger partial charge >= 0.3 is 0 Å². The van der Waals surface area contributed by atoms with Crippen molar-refractivity contribution < 1.29 is 39.5 Å². The first kappa shape index (κ1) is 34.0. The van der Waals surface area contributed by atoms with Crippen LogP contribution in [0.5, 0.6) is 0 Å². The number of benzene rings is 2. The van der Waals surface area contributed by atoms with Crippen molar-refractivity contribution in [2.75, 3.05) is 26.7 Å². The minimum atomic E-state index is -1.75. The first-order valence-electron chi connectivity index (χ1n) is 15.2. The van der Waals surface area contributed by atoms with Crippen molar-refractivity contribution >= 4 is 11.8 Å². The number of hydrogen-bond acceptors (Lipinski definition) is 9. The van der Waals surface area contributed by atoms with E-state index in [9.17, 15) is 30.0 Å². The van der Waals surface area contributed by atoms with Crippen molar-refractivity contribution in [1.29, 1.82) is 0 Å². The van der Waals surface area contributed by atoms with E-state index in [1.165, 1.54) is 13.8 Å². The Balaban J connectivity index is 1.43. The number of aliphatic hydroxyl groups excluding tert-OH is 3. The highest BCUT2D eigenvalue weighted by Crippen LogP contribution is 2.53. The average Bonchev–Trinajstić information content (AvgIpc) is 3.38. The van der Waals surface area contributed by atoms with Crippen LogP contribution in [0.1, 0.15) is 60.9 Å². The van der Waals surface area contributed by atoms with Crippen molar-refractivity contribution in [2.45, 2.75) is 88.2 Å². The Morgan fingerprint density at radius 3 is 2.36 bits per heavy atom. The zero-order valence-electron chi connectivity index (χ0n) is 26.0. The number of carbonyl (C=O) groups is 2. The summed E-state index contributed by atoms with van der Waals surface area (Å²) in [6, 6.07) is 13.6. The Morgan fingerprint density at radius 2 is 1.73 bits per heavy atom. The van der Waals surface area contributed by atoms with Crippen molar-refractivity contribution in [1.82, 2.24) is 10.6 Å². The molecule has 2 aliphatic heterocycles. The van der Waals surface area contributed by atoms with Gasteiger partial charge in [0, 0.05) is 31.0 Å². The van der Waals surface area contributed by atoms with Gasteiger partial charge in [-0.2, -0.15) is 0 Å². The zero-order valence-corrected chi connectivity index (χ0v) is 26.0. The molecule has 1 unspecified atom stereocenters. The monoisotopic (exact) mass is 613 g/mol. The number of primary amides is 1. The summed E-state index contributed by atoms with van der Waals surface area (Å²) >= 11 is 0. The largest absolute Gasteiger partial charge is 0.387 e. The molecule has 0 spiro atoms. The average molecular weight is 614 g/mol. The van der Waals surface area contributed by atoms with E-state index in [0.29, 0.717) is 44.3 Å². The van der Waals surface area contributed by atoms with Crippen molar-refractivity contribution in [3.8, 4) is 0 Å². The first-order chi connectivity index (χ1) is 20.7. The number of fused-ring (bicyclic) bond motifs is 2. The summed E-state index contributed by atoms with van der Waals surface area (Å²) in [4.78, 5) is 24.0. The van der Waals surface area contributed by atoms with Crippen LogP contribution >= 0.6 is 0 Å². The molecule has 2 aromatic carbocycles. The van der Waals surface area contributed by atoms with Crippen LogP contribution in [0.3, 0.4) is 0 Å². The number of aryl methyl sites for hydroxylation is 2. The number of amides is 2. The number of hydrogen-bond donors (Lipinski definition) is 7. The molecule has 2 amide bonds. The molecular weight excluding hydrogens is 566 g/mol. The van der Waals surface area contributed by atoms with E-state index >= 15 is 0 Å². The second kappa shape index (κ2) is 13.6. The molecule has 44 heavy (non-hydrogen) atoms. The predicted octanol–water partition coefficient (Wildman–Crippen LogP) is 0.541. The molecule has 0 saturated carbocycles. The predicted molar refractivity (Wildman–Crippen MR) is 163 cm³/mol. The van der Waals surface area contributed by atoms with Crippen molar-refractivity contribution in [3.05, 3.63) is 70.3 Å². The molecule has 6 atom stereocenters. The maximum Gasteiger partial charge on any atom is 0.225 e. The lowest BCUT2D eigenvalue weighted by Crippen LogP contribution is -2.70. The zero-order chi connectivity index (χ0) is 32.3. The molecule has 11 heteroatoms. The number of nitrogens with one attached hydrogen (secondary N) is 2. The summed E-state index contributed by atoms with van der Waals surface area (Å²) < 4.78 is 12.2. The summed E-state index contributed by atoms with van der Waals surface area (Å²) in [7, 11) is 1.81. The van der Waals surface area contributed by atoms with Crippen LogP contribution in [0.15, 0.2) is 42.5 Å². The Hall–Kier alpha value is -2.90. The minimum Gasteiger partial charge on any atom is -0.387 e. The van der Waals surface area contributed by atoms with Crippen LogP contribution in [0.4, 0.5) is 0 Å². The Bertz CT molecular complexity index is 1310. The van der Waals surface area contributed by atoms with Gasteiger partial charge in [0.2, 0.25) is 17.6 Å². The van der Waals surface area contributed by atoms with E-state index in [0.717, 1.165) is 22.3 Å². The summed E-state index contributed by atoms with van der Waals surface area (Å²) in [6.07, 6.45) is -2.30. The lowest BCUT2D eigenvalue weighted by atomic mass is 9.75. The van der Waals surface area contributed by atoms with Gasteiger partial charge in [0.05, 0.1) is 12.2 Å². The second-order valence-electron chi connectivity index (χ2n) is 12.7. The van der Waals surface area contributed by atoms with E-state index in [1.54, 1.807) is 6.07 Å². The molecule has 0 aromatic heterocycles. The van der Waals surface area contributed by atoms with Gasteiger partial charge in [0.1, 0.15) is 18.3 Å².